The molecule has 0 aromatic heterocycles. The van der Waals surface area contributed by atoms with Crippen molar-refractivity contribution < 1.29 is 23.7 Å². The van der Waals surface area contributed by atoms with E-state index in [0.717, 1.165) is 36.4 Å². The van der Waals surface area contributed by atoms with Gasteiger partial charge in [-0.2, -0.15) is 23.5 Å². The van der Waals surface area contributed by atoms with Gasteiger partial charge >= 0.3 is 6.03 Å². The summed E-state index contributed by atoms with van der Waals surface area (Å²) < 4.78 is 24.4. The van der Waals surface area contributed by atoms with E-state index in [9.17, 15) is 4.79 Å². The standard InChI is InChI=1S/C23H50N2O5S2Si2/c1-31-13-9-19-21(29-17-27-11-15-33(3,4)5)22(30-18-28-12-16-34(6,7)8)20(10-14-32-2)25-23(26)24-19/h19-22H,9-18H2,1-8H3,(H2,24,25,26)/t19-,20-,21+,22+/m1/s1. The molecule has 0 saturated carbocycles. The summed E-state index contributed by atoms with van der Waals surface area (Å²) in [6.07, 6.45) is 5.14. The average Bonchev–Trinajstić information content (AvgIpc) is 2.84. The average molecular weight is 555 g/mol. The number of carbonyl (C=O) groups is 1. The first-order valence-electron chi connectivity index (χ1n) is 12.4. The van der Waals surface area contributed by atoms with Gasteiger partial charge in [-0.3, -0.25) is 0 Å². The Labute approximate surface area is 218 Å². The minimum absolute atomic E-state index is 0.153. The number of nitrogens with one attached hydrogen (secondary N) is 2. The van der Waals surface area contributed by atoms with Gasteiger partial charge in [-0.25, -0.2) is 4.79 Å². The number of urea groups is 1. The van der Waals surface area contributed by atoms with Crippen molar-refractivity contribution in [1.82, 2.24) is 10.6 Å². The molecule has 0 aliphatic carbocycles. The van der Waals surface area contributed by atoms with E-state index in [4.69, 9.17) is 18.9 Å². The van der Waals surface area contributed by atoms with Crippen LogP contribution >= 0.6 is 23.5 Å². The number of thioether (sulfide) groups is 2. The zero-order valence-electron chi connectivity index (χ0n) is 22.7. The first-order valence-corrected chi connectivity index (χ1v) is 22.6. The SMILES string of the molecule is CSCC[C@H]1NC(=O)N[C@H](CCSC)[C@H](OCOCC[Si](C)(C)C)[C@H]1OCOCC[Si](C)(C)C. The molecule has 7 nitrogen and oxygen atoms in total. The Hall–Kier alpha value is 0.244. The van der Waals surface area contributed by atoms with Crippen molar-refractivity contribution in [2.75, 3.05) is 50.8 Å². The molecule has 1 saturated heterocycles. The number of rotatable bonds is 18. The summed E-state index contributed by atoms with van der Waals surface area (Å²) in [5.41, 5.74) is 0. The van der Waals surface area contributed by atoms with Gasteiger partial charge in [0.25, 0.3) is 0 Å². The lowest BCUT2D eigenvalue weighted by atomic mass is 9.96. The van der Waals surface area contributed by atoms with E-state index >= 15 is 0 Å². The van der Waals surface area contributed by atoms with Crippen molar-refractivity contribution in [3.63, 3.8) is 0 Å². The highest BCUT2D eigenvalue weighted by Gasteiger charge is 2.41. The van der Waals surface area contributed by atoms with Gasteiger partial charge in [0.05, 0.1) is 12.1 Å². The maximum Gasteiger partial charge on any atom is 0.315 e. The van der Waals surface area contributed by atoms with Gasteiger partial charge in [-0.1, -0.05) is 39.3 Å². The molecule has 11 heteroatoms. The summed E-state index contributed by atoms with van der Waals surface area (Å²) >= 11 is 3.53. The van der Waals surface area contributed by atoms with E-state index in [1.54, 1.807) is 23.5 Å². The van der Waals surface area contributed by atoms with E-state index in [-0.39, 0.29) is 43.9 Å². The molecular formula is C23H50N2O5S2Si2. The van der Waals surface area contributed by atoms with Gasteiger partial charge in [0.2, 0.25) is 0 Å². The Kier molecular flexibility index (Phi) is 16.0. The molecule has 0 aromatic carbocycles. The maximum atomic E-state index is 12.7. The summed E-state index contributed by atoms with van der Waals surface area (Å²) in [5, 5.41) is 6.26. The molecule has 1 fully saturated rings. The summed E-state index contributed by atoms with van der Waals surface area (Å²) in [7, 11) is -2.33. The Balaban J connectivity index is 2.91. The largest absolute Gasteiger partial charge is 0.356 e. The Morgan fingerprint density at radius 2 is 1.12 bits per heavy atom. The van der Waals surface area contributed by atoms with Gasteiger partial charge in [0.15, 0.2) is 0 Å². The highest BCUT2D eigenvalue weighted by Crippen LogP contribution is 2.23. The fourth-order valence-corrected chi connectivity index (χ4v) is 6.01. The van der Waals surface area contributed by atoms with Gasteiger partial charge in [0.1, 0.15) is 25.8 Å². The van der Waals surface area contributed by atoms with Gasteiger partial charge in [-0.05, 0) is 48.9 Å². The van der Waals surface area contributed by atoms with E-state index < -0.39 is 16.1 Å². The van der Waals surface area contributed by atoms with Crippen LogP contribution in [0.3, 0.4) is 0 Å². The van der Waals surface area contributed by atoms with Crippen molar-refractivity contribution in [3.8, 4) is 0 Å². The first-order chi connectivity index (χ1) is 16.0. The van der Waals surface area contributed by atoms with Gasteiger partial charge in [0, 0.05) is 29.4 Å². The summed E-state index contributed by atoms with van der Waals surface area (Å²) in [6, 6.07) is 1.72. The van der Waals surface area contributed by atoms with E-state index in [0.29, 0.717) is 13.2 Å². The fraction of sp³-hybridized carbons (Fsp3) is 0.957. The minimum atomic E-state index is -1.16. The monoisotopic (exact) mass is 554 g/mol. The molecule has 1 rings (SSSR count). The molecule has 2 amide bonds. The fourth-order valence-electron chi connectivity index (χ4n) is 3.51. The van der Waals surface area contributed by atoms with Crippen LogP contribution in [0.4, 0.5) is 4.79 Å². The molecule has 4 atom stereocenters. The molecule has 1 heterocycles. The van der Waals surface area contributed by atoms with Crippen LogP contribution in [0.2, 0.25) is 51.4 Å². The normalized spacial score (nSPS) is 23.9. The van der Waals surface area contributed by atoms with Crippen LogP contribution in [0.1, 0.15) is 12.8 Å². The maximum absolute atomic E-state index is 12.7. The zero-order valence-corrected chi connectivity index (χ0v) is 26.4. The van der Waals surface area contributed by atoms with Crippen LogP contribution in [0.15, 0.2) is 0 Å². The predicted molar refractivity (Wildman–Crippen MR) is 153 cm³/mol. The molecule has 0 bridgehead atoms. The second kappa shape index (κ2) is 16.9. The molecule has 0 aromatic rings. The Bertz CT molecular complexity index is 518. The van der Waals surface area contributed by atoms with Crippen molar-refractivity contribution in [1.29, 1.82) is 0 Å². The van der Waals surface area contributed by atoms with Crippen molar-refractivity contribution in [2.45, 2.75) is 88.5 Å². The van der Waals surface area contributed by atoms with Crippen molar-refractivity contribution in [2.24, 2.45) is 0 Å². The number of carbonyl (C=O) groups excluding carboxylic acids is 1. The summed E-state index contributed by atoms with van der Waals surface area (Å²) in [6.45, 7) is 15.8. The third-order valence-electron chi connectivity index (χ3n) is 5.70. The minimum Gasteiger partial charge on any atom is -0.356 e. The Morgan fingerprint density at radius 3 is 1.44 bits per heavy atom. The van der Waals surface area contributed by atoms with Crippen molar-refractivity contribution in [3.05, 3.63) is 0 Å². The highest BCUT2D eigenvalue weighted by atomic mass is 32.2. The van der Waals surface area contributed by atoms with Crippen molar-refractivity contribution >= 4 is 45.7 Å². The summed E-state index contributed by atoms with van der Waals surface area (Å²) in [4.78, 5) is 12.7. The molecule has 202 valence electrons. The van der Waals surface area contributed by atoms with Crippen LogP contribution in [0, 0.1) is 0 Å². The lowest BCUT2D eigenvalue weighted by Gasteiger charge is -2.34. The van der Waals surface area contributed by atoms with E-state index in [1.807, 2.05) is 0 Å². The topological polar surface area (TPSA) is 78.1 Å². The molecule has 0 radical (unpaired) electrons. The zero-order chi connectivity index (χ0) is 25.6. The molecule has 1 aliphatic heterocycles. The van der Waals surface area contributed by atoms with Crippen LogP contribution < -0.4 is 10.6 Å². The van der Waals surface area contributed by atoms with Crippen LogP contribution in [0.25, 0.3) is 0 Å². The first kappa shape index (κ1) is 32.3. The third kappa shape index (κ3) is 14.7. The smallest absolute Gasteiger partial charge is 0.315 e. The lowest BCUT2D eigenvalue weighted by molar-refractivity contribution is -0.177. The Morgan fingerprint density at radius 1 is 0.735 bits per heavy atom. The highest BCUT2D eigenvalue weighted by molar-refractivity contribution is 7.98. The van der Waals surface area contributed by atoms with E-state index in [2.05, 4.69) is 62.4 Å². The van der Waals surface area contributed by atoms with Crippen LogP contribution in [0.5, 0.6) is 0 Å². The predicted octanol–water partition coefficient (Wildman–Crippen LogP) is 4.94. The second-order valence-corrected chi connectivity index (χ2v) is 24.5. The molecule has 0 spiro atoms. The van der Waals surface area contributed by atoms with Gasteiger partial charge in [-0.15, -0.1) is 0 Å². The van der Waals surface area contributed by atoms with Crippen LogP contribution in [-0.4, -0.2) is 97.3 Å². The molecular weight excluding hydrogens is 505 g/mol. The number of ether oxygens (including phenoxy) is 4. The lowest BCUT2D eigenvalue weighted by Crippen LogP contribution is -2.51. The molecule has 2 N–H and O–H groups in total. The quantitative estimate of drug-likeness (QED) is 0.141. The number of hydrogen-bond donors (Lipinski definition) is 2. The van der Waals surface area contributed by atoms with E-state index in [1.165, 1.54) is 0 Å². The molecule has 0 unspecified atom stereocenters. The number of hydrogen-bond acceptors (Lipinski definition) is 7. The second-order valence-electron chi connectivity index (χ2n) is 11.3. The molecule has 1 aliphatic rings. The summed E-state index contributed by atoms with van der Waals surface area (Å²) in [5.74, 6) is 1.85. The molecule has 34 heavy (non-hydrogen) atoms. The number of amides is 2. The third-order valence-corrected chi connectivity index (χ3v) is 10.4. The van der Waals surface area contributed by atoms with Gasteiger partial charge < -0.3 is 29.6 Å². The van der Waals surface area contributed by atoms with Crippen LogP contribution in [-0.2, 0) is 18.9 Å².